The first kappa shape index (κ1) is 14.8. The Hall–Kier alpha value is -2.57. The molecule has 0 bridgehead atoms. The number of pyridine rings is 1. The number of carboxylic acid groups (broad SMARTS) is 1. The van der Waals surface area contributed by atoms with Crippen LogP contribution in [0.3, 0.4) is 0 Å². The Labute approximate surface area is 116 Å². The summed E-state index contributed by atoms with van der Waals surface area (Å²) in [6, 6.07) is 6.71. The van der Waals surface area contributed by atoms with E-state index in [1.165, 1.54) is 12.1 Å². The van der Waals surface area contributed by atoms with Gasteiger partial charge in [-0.1, -0.05) is 18.2 Å². The summed E-state index contributed by atoms with van der Waals surface area (Å²) in [4.78, 5) is 24.6. The molecule has 0 unspecified atom stereocenters. The van der Waals surface area contributed by atoms with Crippen molar-refractivity contribution in [3.05, 3.63) is 69.1 Å². The van der Waals surface area contributed by atoms with E-state index in [0.717, 1.165) is 24.3 Å². The zero-order valence-electron chi connectivity index (χ0n) is 10.6. The summed E-state index contributed by atoms with van der Waals surface area (Å²) >= 11 is 0. The number of hydrogen-bond acceptors (Lipinski definition) is 2. The molecule has 4 nitrogen and oxygen atoms in total. The van der Waals surface area contributed by atoms with E-state index in [1.54, 1.807) is 0 Å². The van der Waals surface area contributed by atoms with E-state index < -0.39 is 23.3 Å². The van der Waals surface area contributed by atoms with Gasteiger partial charge >= 0.3 is 12.1 Å². The standard InChI is InChI=1S/C14H10F3NO3/c15-14(16,17)9-3-1-2-8(6-9)7-11-10(13(20)21)4-5-12(19)18-11/h1-6H,7H2,(H,18,19)(H,20,21). The van der Waals surface area contributed by atoms with Gasteiger partial charge in [-0.3, -0.25) is 4.79 Å². The number of aromatic amines is 1. The SMILES string of the molecule is O=C(O)c1ccc(=O)[nH]c1Cc1cccc(C(F)(F)F)c1. The number of benzene rings is 1. The lowest BCUT2D eigenvalue weighted by Gasteiger charge is -2.10. The monoisotopic (exact) mass is 297 g/mol. The van der Waals surface area contributed by atoms with Gasteiger partial charge in [-0.05, 0) is 17.7 Å². The quantitative estimate of drug-likeness (QED) is 0.915. The van der Waals surface area contributed by atoms with Gasteiger partial charge in [0.15, 0.2) is 0 Å². The normalized spacial score (nSPS) is 11.4. The maximum absolute atomic E-state index is 12.6. The Morgan fingerprint density at radius 1 is 1.19 bits per heavy atom. The molecule has 0 aliphatic carbocycles. The van der Waals surface area contributed by atoms with Crippen molar-refractivity contribution in [2.45, 2.75) is 12.6 Å². The third-order valence-electron chi connectivity index (χ3n) is 2.87. The van der Waals surface area contributed by atoms with Crippen molar-refractivity contribution in [3.63, 3.8) is 0 Å². The molecule has 0 spiro atoms. The Kier molecular flexibility index (Phi) is 3.84. The number of carbonyl (C=O) groups is 1. The average molecular weight is 297 g/mol. The second-order valence-electron chi connectivity index (χ2n) is 4.39. The summed E-state index contributed by atoms with van der Waals surface area (Å²) in [5.41, 5.74) is -1.16. The fourth-order valence-corrected chi connectivity index (χ4v) is 1.92. The highest BCUT2D eigenvalue weighted by molar-refractivity contribution is 5.88. The van der Waals surface area contributed by atoms with Crippen LogP contribution in [-0.2, 0) is 12.6 Å². The van der Waals surface area contributed by atoms with E-state index in [0.29, 0.717) is 0 Å². The van der Waals surface area contributed by atoms with Gasteiger partial charge in [0.25, 0.3) is 0 Å². The van der Waals surface area contributed by atoms with Gasteiger partial charge in [0.05, 0.1) is 11.1 Å². The predicted octanol–water partition coefficient (Wildman–Crippen LogP) is 2.68. The predicted molar refractivity (Wildman–Crippen MR) is 68.3 cm³/mol. The summed E-state index contributed by atoms with van der Waals surface area (Å²) < 4.78 is 37.9. The number of nitrogens with one attached hydrogen (secondary N) is 1. The molecule has 0 atom stereocenters. The summed E-state index contributed by atoms with van der Waals surface area (Å²) in [6.07, 6.45) is -4.59. The molecular formula is C14H10F3NO3. The molecule has 0 fully saturated rings. The molecule has 0 aliphatic heterocycles. The van der Waals surface area contributed by atoms with Gasteiger partial charge in [0.2, 0.25) is 5.56 Å². The number of H-pyrrole nitrogens is 1. The van der Waals surface area contributed by atoms with Crippen molar-refractivity contribution in [3.8, 4) is 0 Å². The van der Waals surface area contributed by atoms with E-state index >= 15 is 0 Å². The molecule has 2 aromatic rings. The first-order valence-corrected chi connectivity index (χ1v) is 5.89. The smallest absolute Gasteiger partial charge is 0.416 e. The summed E-state index contributed by atoms with van der Waals surface area (Å²) in [5, 5.41) is 9.02. The highest BCUT2D eigenvalue weighted by Crippen LogP contribution is 2.30. The maximum Gasteiger partial charge on any atom is 0.416 e. The number of halogens is 3. The van der Waals surface area contributed by atoms with Crippen LogP contribution in [0.2, 0.25) is 0 Å². The molecule has 0 saturated heterocycles. The van der Waals surface area contributed by atoms with Gasteiger partial charge in [0.1, 0.15) is 0 Å². The Morgan fingerprint density at radius 3 is 2.52 bits per heavy atom. The molecule has 1 aromatic carbocycles. The highest BCUT2D eigenvalue weighted by atomic mass is 19.4. The van der Waals surface area contributed by atoms with Gasteiger partial charge in [-0.15, -0.1) is 0 Å². The number of rotatable bonds is 3. The minimum Gasteiger partial charge on any atom is -0.478 e. The molecule has 1 heterocycles. The zero-order valence-corrected chi connectivity index (χ0v) is 10.6. The summed E-state index contributed by atoms with van der Waals surface area (Å²) in [5.74, 6) is -1.26. The lowest BCUT2D eigenvalue weighted by Crippen LogP contribution is -2.14. The van der Waals surface area contributed by atoms with E-state index in [9.17, 15) is 22.8 Å². The molecule has 0 amide bonds. The second-order valence-corrected chi connectivity index (χ2v) is 4.39. The van der Waals surface area contributed by atoms with Crippen LogP contribution in [0.25, 0.3) is 0 Å². The van der Waals surface area contributed by atoms with Crippen molar-refractivity contribution < 1.29 is 23.1 Å². The number of carboxylic acids is 1. The van der Waals surface area contributed by atoms with E-state index in [2.05, 4.69) is 4.98 Å². The first-order chi connectivity index (χ1) is 9.77. The summed E-state index contributed by atoms with van der Waals surface area (Å²) in [6.45, 7) is 0. The number of aromatic carboxylic acids is 1. The average Bonchev–Trinajstić information content (AvgIpc) is 2.37. The van der Waals surface area contributed by atoms with Crippen molar-refractivity contribution >= 4 is 5.97 Å². The lowest BCUT2D eigenvalue weighted by molar-refractivity contribution is -0.137. The minimum absolute atomic E-state index is 0.0642. The van der Waals surface area contributed by atoms with Crippen LogP contribution in [-0.4, -0.2) is 16.1 Å². The second kappa shape index (κ2) is 5.43. The van der Waals surface area contributed by atoms with Gasteiger partial charge < -0.3 is 10.1 Å². The van der Waals surface area contributed by atoms with Crippen LogP contribution in [0, 0.1) is 0 Å². The fourth-order valence-electron chi connectivity index (χ4n) is 1.92. The van der Waals surface area contributed by atoms with E-state index in [-0.39, 0.29) is 23.2 Å². The van der Waals surface area contributed by atoms with Gasteiger partial charge in [0, 0.05) is 18.2 Å². The van der Waals surface area contributed by atoms with E-state index in [4.69, 9.17) is 5.11 Å². The largest absolute Gasteiger partial charge is 0.478 e. The maximum atomic E-state index is 12.6. The Bertz CT molecular complexity index is 735. The van der Waals surface area contributed by atoms with Crippen LogP contribution in [0.15, 0.2) is 41.2 Å². The third-order valence-corrected chi connectivity index (χ3v) is 2.87. The summed E-state index contributed by atoms with van der Waals surface area (Å²) in [7, 11) is 0. The molecule has 2 N–H and O–H groups in total. The molecule has 1 aromatic heterocycles. The topological polar surface area (TPSA) is 70.2 Å². The van der Waals surface area contributed by atoms with Gasteiger partial charge in [-0.25, -0.2) is 4.79 Å². The Morgan fingerprint density at radius 2 is 1.90 bits per heavy atom. The lowest BCUT2D eigenvalue weighted by atomic mass is 10.0. The van der Waals surface area contributed by atoms with Crippen molar-refractivity contribution in [2.24, 2.45) is 0 Å². The van der Waals surface area contributed by atoms with Crippen LogP contribution in [0.5, 0.6) is 0 Å². The van der Waals surface area contributed by atoms with Crippen molar-refractivity contribution in [2.75, 3.05) is 0 Å². The molecule has 0 aliphatic rings. The zero-order chi connectivity index (χ0) is 15.6. The number of alkyl halides is 3. The molecular weight excluding hydrogens is 287 g/mol. The molecule has 0 radical (unpaired) electrons. The molecule has 110 valence electrons. The molecule has 2 rings (SSSR count). The van der Waals surface area contributed by atoms with Crippen molar-refractivity contribution in [1.29, 1.82) is 0 Å². The molecule has 21 heavy (non-hydrogen) atoms. The third kappa shape index (κ3) is 3.50. The van der Waals surface area contributed by atoms with Crippen LogP contribution in [0.4, 0.5) is 13.2 Å². The van der Waals surface area contributed by atoms with Crippen LogP contribution < -0.4 is 5.56 Å². The molecule has 7 heteroatoms. The van der Waals surface area contributed by atoms with Crippen molar-refractivity contribution in [1.82, 2.24) is 4.98 Å². The van der Waals surface area contributed by atoms with Crippen LogP contribution in [0.1, 0.15) is 27.2 Å². The minimum atomic E-state index is -4.48. The number of aromatic nitrogens is 1. The van der Waals surface area contributed by atoms with Crippen LogP contribution >= 0.6 is 0 Å². The number of hydrogen-bond donors (Lipinski definition) is 2. The van der Waals surface area contributed by atoms with E-state index in [1.807, 2.05) is 0 Å². The first-order valence-electron chi connectivity index (χ1n) is 5.89. The van der Waals surface area contributed by atoms with Gasteiger partial charge in [-0.2, -0.15) is 13.2 Å². The fraction of sp³-hybridized carbons (Fsp3) is 0.143. The highest BCUT2D eigenvalue weighted by Gasteiger charge is 2.30. The Balaban J connectivity index is 2.41. The molecule has 0 saturated carbocycles.